The summed E-state index contributed by atoms with van der Waals surface area (Å²) in [5, 5.41) is 11.9. The van der Waals surface area contributed by atoms with E-state index < -0.39 is 18.1 Å². The highest BCUT2D eigenvalue weighted by Gasteiger charge is 2.15. The Morgan fingerprint density at radius 2 is 1.91 bits per heavy atom. The molecular weight excluding hydrogens is 318 g/mol. The van der Waals surface area contributed by atoms with Gasteiger partial charge in [-0.15, -0.1) is 0 Å². The summed E-state index contributed by atoms with van der Waals surface area (Å²) in [4.78, 5) is 22.7. The second-order valence-electron chi connectivity index (χ2n) is 4.97. The summed E-state index contributed by atoms with van der Waals surface area (Å²) < 4.78 is 5.13. The van der Waals surface area contributed by atoms with Crippen LogP contribution in [-0.4, -0.2) is 17.2 Å². The first-order chi connectivity index (χ1) is 11.0. The monoisotopic (exact) mass is 333 g/mol. The highest BCUT2D eigenvalue weighted by molar-refractivity contribution is 6.31. The molecule has 0 aliphatic rings. The van der Waals surface area contributed by atoms with Gasteiger partial charge in [-0.05, 0) is 30.2 Å². The zero-order chi connectivity index (χ0) is 16.8. The van der Waals surface area contributed by atoms with Crippen molar-refractivity contribution < 1.29 is 19.4 Å². The number of alkyl carbamates (subject to hydrolysis) is 1. The molecule has 0 unspecified atom stereocenters. The Balaban J connectivity index is 1.94. The van der Waals surface area contributed by atoms with E-state index >= 15 is 0 Å². The molecule has 2 N–H and O–H groups in total. The van der Waals surface area contributed by atoms with Crippen LogP contribution in [0.25, 0.3) is 0 Å². The normalized spacial score (nSPS) is 11.6. The molecule has 0 saturated heterocycles. The minimum Gasteiger partial charge on any atom is -0.478 e. The molecule has 0 aromatic heterocycles. The number of carbonyl (C=O) groups is 2. The van der Waals surface area contributed by atoms with Crippen molar-refractivity contribution in [3.05, 3.63) is 70.2 Å². The van der Waals surface area contributed by atoms with Gasteiger partial charge in [0.2, 0.25) is 0 Å². The summed E-state index contributed by atoms with van der Waals surface area (Å²) in [6.45, 7) is 1.91. The van der Waals surface area contributed by atoms with Gasteiger partial charge in [-0.2, -0.15) is 0 Å². The van der Waals surface area contributed by atoms with Crippen LogP contribution in [0.2, 0.25) is 5.02 Å². The van der Waals surface area contributed by atoms with Crippen molar-refractivity contribution in [3.8, 4) is 0 Å². The average Bonchev–Trinajstić information content (AvgIpc) is 2.53. The number of hydrogen-bond acceptors (Lipinski definition) is 3. The maximum absolute atomic E-state index is 11.8. The van der Waals surface area contributed by atoms with Crippen LogP contribution >= 0.6 is 11.6 Å². The Labute approximate surface area is 138 Å². The number of nitrogens with one attached hydrogen (secondary N) is 1. The van der Waals surface area contributed by atoms with E-state index in [1.807, 2.05) is 30.3 Å². The predicted molar refractivity (Wildman–Crippen MR) is 86.6 cm³/mol. The maximum atomic E-state index is 11.8. The van der Waals surface area contributed by atoms with E-state index in [1.54, 1.807) is 13.0 Å². The third-order valence-electron chi connectivity index (χ3n) is 3.26. The number of ether oxygens (including phenoxy) is 1. The van der Waals surface area contributed by atoms with Crippen molar-refractivity contribution >= 4 is 23.7 Å². The van der Waals surface area contributed by atoms with Gasteiger partial charge >= 0.3 is 12.1 Å². The van der Waals surface area contributed by atoms with Crippen molar-refractivity contribution in [1.82, 2.24) is 5.32 Å². The van der Waals surface area contributed by atoms with Crippen LogP contribution in [0.5, 0.6) is 0 Å². The molecule has 0 radical (unpaired) electrons. The van der Waals surface area contributed by atoms with Gasteiger partial charge in [0.05, 0.1) is 11.6 Å². The average molecular weight is 334 g/mol. The van der Waals surface area contributed by atoms with Gasteiger partial charge in [0, 0.05) is 5.02 Å². The minimum atomic E-state index is -1.05. The van der Waals surface area contributed by atoms with Gasteiger partial charge in [0.25, 0.3) is 0 Å². The molecule has 2 rings (SSSR count). The van der Waals surface area contributed by atoms with Crippen LogP contribution in [0.1, 0.15) is 34.5 Å². The molecular formula is C17H16ClNO4. The number of halogens is 1. The topological polar surface area (TPSA) is 75.6 Å². The van der Waals surface area contributed by atoms with E-state index in [4.69, 9.17) is 21.4 Å². The van der Waals surface area contributed by atoms with Crippen molar-refractivity contribution in [2.75, 3.05) is 0 Å². The molecule has 0 bridgehead atoms. The molecule has 0 heterocycles. The van der Waals surface area contributed by atoms with Crippen LogP contribution in [0.15, 0.2) is 48.5 Å². The Morgan fingerprint density at radius 1 is 1.22 bits per heavy atom. The third-order valence-corrected chi connectivity index (χ3v) is 3.59. The van der Waals surface area contributed by atoms with E-state index in [1.165, 1.54) is 12.1 Å². The molecule has 1 amide bonds. The molecule has 2 aromatic carbocycles. The fourth-order valence-electron chi connectivity index (χ4n) is 2.03. The summed E-state index contributed by atoms with van der Waals surface area (Å²) in [6.07, 6.45) is -0.570. The van der Waals surface area contributed by atoms with Crippen LogP contribution in [-0.2, 0) is 11.3 Å². The lowest BCUT2D eigenvalue weighted by Gasteiger charge is -2.16. The number of amides is 1. The van der Waals surface area contributed by atoms with Crippen LogP contribution < -0.4 is 5.32 Å². The highest BCUT2D eigenvalue weighted by atomic mass is 35.5. The second-order valence-corrected chi connectivity index (χ2v) is 5.38. The standard InChI is InChI=1S/C17H16ClNO4/c1-11(14-8-7-13(16(20)21)9-15(14)18)19-17(22)23-10-12-5-3-2-4-6-12/h2-9,11H,10H2,1H3,(H,19,22)(H,20,21)/t11-/m1/s1. The maximum Gasteiger partial charge on any atom is 0.407 e. The Morgan fingerprint density at radius 3 is 2.52 bits per heavy atom. The fraction of sp³-hybridized carbons (Fsp3) is 0.176. The van der Waals surface area contributed by atoms with Gasteiger partial charge in [0.15, 0.2) is 0 Å². The first-order valence-electron chi connectivity index (χ1n) is 6.97. The van der Waals surface area contributed by atoms with E-state index in [9.17, 15) is 9.59 Å². The van der Waals surface area contributed by atoms with Crippen molar-refractivity contribution in [3.63, 3.8) is 0 Å². The van der Waals surface area contributed by atoms with Gasteiger partial charge in [-0.1, -0.05) is 48.0 Å². The summed E-state index contributed by atoms with van der Waals surface area (Å²) in [5.74, 6) is -1.05. The molecule has 0 aliphatic carbocycles. The van der Waals surface area contributed by atoms with Crippen LogP contribution in [0.3, 0.4) is 0 Å². The third kappa shape index (κ3) is 4.72. The number of hydrogen-bond donors (Lipinski definition) is 2. The molecule has 0 spiro atoms. The lowest BCUT2D eigenvalue weighted by Crippen LogP contribution is -2.27. The summed E-state index contributed by atoms with van der Waals surface area (Å²) >= 11 is 6.07. The van der Waals surface area contributed by atoms with Crippen molar-refractivity contribution in [2.45, 2.75) is 19.6 Å². The molecule has 5 nitrogen and oxygen atoms in total. The fourth-order valence-corrected chi connectivity index (χ4v) is 2.37. The largest absolute Gasteiger partial charge is 0.478 e. The molecule has 6 heteroatoms. The predicted octanol–water partition coefficient (Wildman–Crippen LogP) is 4.03. The van der Waals surface area contributed by atoms with Crippen LogP contribution in [0.4, 0.5) is 4.79 Å². The zero-order valence-electron chi connectivity index (χ0n) is 12.5. The minimum absolute atomic E-state index is 0.0950. The van der Waals surface area contributed by atoms with Crippen LogP contribution in [0, 0.1) is 0 Å². The molecule has 120 valence electrons. The first-order valence-corrected chi connectivity index (χ1v) is 7.35. The van der Waals surface area contributed by atoms with Gasteiger partial charge in [-0.3, -0.25) is 0 Å². The van der Waals surface area contributed by atoms with Gasteiger partial charge in [-0.25, -0.2) is 9.59 Å². The van der Waals surface area contributed by atoms with Crippen molar-refractivity contribution in [1.29, 1.82) is 0 Å². The smallest absolute Gasteiger partial charge is 0.407 e. The molecule has 0 fully saturated rings. The first kappa shape index (κ1) is 16.8. The summed E-state index contributed by atoms with van der Waals surface area (Å²) in [5.41, 5.74) is 1.60. The lowest BCUT2D eigenvalue weighted by molar-refractivity contribution is 0.0696. The molecule has 0 aliphatic heterocycles. The number of aromatic carboxylic acids is 1. The number of carboxylic acid groups (broad SMARTS) is 1. The Hall–Kier alpha value is -2.53. The highest BCUT2D eigenvalue weighted by Crippen LogP contribution is 2.24. The Kier molecular flexibility index (Phi) is 5.60. The van der Waals surface area contributed by atoms with Crippen molar-refractivity contribution in [2.24, 2.45) is 0 Å². The number of carbonyl (C=O) groups excluding carboxylic acids is 1. The van der Waals surface area contributed by atoms with Gasteiger partial charge < -0.3 is 15.2 Å². The van der Waals surface area contributed by atoms with E-state index in [-0.39, 0.29) is 17.2 Å². The quantitative estimate of drug-likeness (QED) is 0.866. The molecule has 0 saturated carbocycles. The zero-order valence-corrected chi connectivity index (χ0v) is 13.2. The number of benzene rings is 2. The lowest BCUT2D eigenvalue weighted by atomic mass is 10.1. The Bertz CT molecular complexity index is 703. The summed E-state index contributed by atoms with van der Waals surface area (Å²) in [7, 11) is 0. The second kappa shape index (κ2) is 7.65. The molecule has 1 atom stereocenters. The van der Waals surface area contributed by atoms with Gasteiger partial charge in [0.1, 0.15) is 6.61 Å². The van der Waals surface area contributed by atoms with E-state index in [2.05, 4.69) is 5.32 Å². The number of carboxylic acids is 1. The SMILES string of the molecule is C[C@@H](NC(=O)OCc1ccccc1)c1ccc(C(=O)O)cc1Cl. The number of rotatable bonds is 5. The molecule has 23 heavy (non-hydrogen) atoms. The summed E-state index contributed by atoms with van der Waals surface area (Å²) in [6, 6.07) is 13.3. The van der Waals surface area contributed by atoms with E-state index in [0.717, 1.165) is 5.56 Å². The van der Waals surface area contributed by atoms with E-state index in [0.29, 0.717) is 5.56 Å². The molecule has 2 aromatic rings.